The van der Waals surface area contributed by atoms with Crippen molar-refractivity contribution in [2.45, 2.75) is 66.1 Å². The van der Waals surface area contributed by atoms with Crippen molar-refractivity contribution in [3.63, 3.8) is 0 Å². The van der Waals surface area contributed by atoms with Crippen molar-refractivity contribution in [2.75, 3.05) is 26.2 Å². The first-order chi connectivity index (χ1) is 11.5. The lowest BCUT2D eigenvalue weighted by Gasteiger charge is -2.30. The normalized spacial score (nSPS) is 12.4. The fourth-order valence-corrected chi connectivity index (χ4v) is 2.79. The van der Waals surface area contributed by atoms with Crippen molar-refractivity contribution in [2.24, 2.45) is 4.99 Å². The van der Waals surface area contributed by atoms with Gasteiger partial charge in [0.05, 0.1) is 6.33 Å². The second kappa shape index (κ2) is 11.9. The smallest absolute Gasteiger partial charge is 0.191 e. The first kappa shape index (κ1) is 20.5. The van der Waals surface area contributed by atoms with Crippen molar-refractivity contribution in [3.05, 3.63) is 18.7 Å². The largest absolute Gasteiger partial charge is 0.357 e. The van der Waals surface area contributed by atoms with Crippen LogP contribution in [0.25, 0.3) is 0 Å². The predicted molar refractivity (Wildman–Crippen MR) is 102 cm³/mol. The average molecular weight is 337 g/mol. The van der Waals surface area contributed by atoms with Crippen molar-refractivity contribution < 1.29 is 0 Å². The summed E-state index contributed by atoms with van der Waals surface area (Å²) in [6.45, 7) is 15.9. The minimum absolute atomic E-state index is 0.593. The summed E-state index contributed by atoms with van der Waals surface area (Å²) in [4.78, 5) is 11.2. The fourth-order valence-electron chi connectivity index (χ4n) is 2.79. The monoisotopic (exact) mass is 336 g/mol. The van der Waals surface area contributed by atoms with E-state index in [9.17, 15) is 0 Å². The number of hydrogen-bond donors (Lipinski definition) is 2. The molecule has 0 aromatic carbocycles. The van der Waals surface area contributed by atoms with E-state index in [1.807, 2.05) is 18.7 Å². The maximum absolute atomic E-state index is 4.65. The van der Waals surface area contributed by atoms with Gasteiger partial charge in [0.1, 0.15) is 0 Å². The van der Waals surface area contributed by atoms with Gasteiger partial charge in [-0.05, 0) is 47.5 Å². The highest BCUT2D eigenvalue weighted by atomic mass is 15.2. The molecule has 138 valence electrons. The number of aryl methyl sites for hydroxylation is 1. The molecule has 24 heavy (non-hydrogen) atoms. The first-order valence-corrected chi connectivity index (χ1v) is 9.28. The van der Waals surface area contributed by atoms with Crippen LogP contribution < -0.4 is 10.6 Å². The quantitative estimate of drug-likeness (QED) is 0.370. The zero-order valence-corrected chi connectivity index (χ0v) is 16.1. The summed E-state index contributed by atoms with van der Waals surface area (Å²) in [6.07, 6.45) is 7.79. The molecule has 0 atom stereocenters. The van der Waals surface area contributed by atoms with Gasteiger partial charge in [0.2, 0.25) is 0 Å². The number of aliphatic imine (C=N–C) groups is 1. The van der Waals surface area contributed by atoms with E-state index in [1.54, 1.807) is 0 Å². The number of guanidine groups is 1. The zero-order chi connectivity index (χ0) is 17.8. The summed E-state index contributed by atoms with van der Waals surface area (Å²) < 4.78 is 2.09. The minimum atomic E-state index is 0.593. The topological polar surface area (TPSA) is 57.5 Å². The molecule has 6 nitrogen and oxygen atoms in total. The van der Waals surface area contributed by atoms with E-state index in [0.29, 0.717) is 12.1 Å². The van der Waals surface area contributed by atoms with Crippen molar-refractivity contribution in [1.29, 1.82) is 0 Å². The molecule has 0 saturated heterocycles. The molecule has 0 spiro atoms. The predicted octanol–water partition coefficient (Wildman–Crippen LogP) is 2.34. The van der Waals surface area contributed by atoms with Gasteiger partial charge in [0.25, 0.3) is 0 Å². The molecular formula is C18H36N6. The molecule has 0 bridgehead atoms. The Labute approximate surface area is 147 Å². The second-order valence-electron chi connectivity index (χ2n) is 6.62. The molecule has 0 unspecified atom stereocenters. The van der Waals surface area contributed by atoms with Gasteiger partial charge in [0, 0.05) is 57.2 Å². The Morgan fingerprint density at radius 1 is 1.17 bits per heavy atom. The van der Waals surface area contributed by atoms with Crippen LogP contribution in [0, 0.1) is 0 Å². The molecule has 1 heterocycles. The molecule has 0 aliphatic carbocycles. The molecule has 2 N–H and O–H groups in total. The van der Waals surface area contributed by atoms with E-state index in [2.05, 4.69) is 64.7 Å². The van der Waals surface area contributed by atoms with Gasteiger partial charge in [0.15, 0.2) is 5.96 Å². The van der Waals surface area contributed by atoms with E-state index in [0.717, 1.165) is 51.5 Å². The lowest BCUT2D eigenvalue weighted by molar-refractivity contribution is 0.173. The third kappa shape index (κ3) is 8.34. The molecule has 6 heteroatoms. The van der Waals surface area contributed by atoms with Crippen LogP contribution >= 0.6 is 0 Å². The Kier molecular flexibility index (Phi) is 10.2. The van der Waals surface area contributed by atoms with Crippen LogP contribution in [0.5, 0.6) is 0 Å². The van der Waals surface area contributed by atoms with Crippen LogP contribution in [-0.4, -0.2) is 58.7 Å². The number of nitrogens with one attached hydrogen (secondary N) is 2. The summed E-state index contributed by atoms with van der Waals surface area (Å²) in [6, 6.07) is 1.19. The number of hydrogen-bond acceptors (Lipinski definition) is 3. The number of nitrogens with zero attached hydrogens (tertiary/aromatic N) is 4. The van der Waals surface area contributed by atoms with Gasteiger partial charge in [-0.25, -0.2) is 4.98 Å². The van der Waals surface area contributed by atoms with Crippen molar-refractivity contribution >= 4 is 5.96 Å². The van der Waals surface area contributed by atoms with Crippen LogP contribution in [0.3, 0.4) is 0 Å². The SMILES string of the molecule is CCNC(=NCCCn1ccnc1)NCCCN(C(C)C)C(C)C. The van der Waals surface area contributed by atoms with Crippen LogP contribution in [0.1, 0.15) is 47.5 Å². The molecule has 0 fully saturated rings. The van der Waals surface area contributed by atoms with Crippen LogP contribution in [0.4, 0.5) is 0 Å². The Bertz CT molecular complexity index is 430. The summed E-state index contributed by atoms with van der Waals surface area (Å²) in [7, 11) is 0. The van der Waals surface area contributed by atoms with Gasteiger partial charge >= 0.3 is 0 Å². The lowest BCUT2D eigenvalue weighted by atomic mass is 10.2. The molecular weight excluding hydrogens is 300 g/mol. The first-order valence-electron chi connectivity index (χ1n) is 9.28. The highest BCUT2D eigenvalue weighted by Gasteiger charge is 2.12. The van der Waals surface area contributed by atoms with Gasteiger partial charge in [-0.15, -0.1) is 0 Å². The molecule has 0 amide bonds. The molecule has 0 saturated carbocycles. The third-order valence-corrected chi connectivity index (χ3v) is 3.96. The summed E-state index contributed by atoms with van der Waals surface area (Å²) in [5.41, 5.74) is 0. The summed E-state index contributed by atoms with van der Waals surface area (Å²) in [5, 5.41) is 6.76. The molecule has 0 aliphatic heterocycles. The molecule has 1 aromatic rings. The summed E-state index contributed by atoms with van der Waals surface area (Å²) in [5.74, 6) is 0.920. The van der Waals surface area contributed by atoms with Gasteiger partial charge in [-0.3, -0.25) is 9.89 Å². The highest BCUT2D eigenvalue weighted by molar-refractivity contribution is 5.79. The number of rotatable bonds is 11. The highest BCUT2D eigenvalue weighted by Crippen LogP contribution is 2.05. The van der Waals surface area contributed by atoms with Gasteiger partial charge in [-0.1, -0.05) is 0 Å². The molecule has 1 rings (SSSR count). The Morgan fingerprint density at radius 3 is 2.50 bits per heavy atom. The van der Waals surface area contributed by atoms with Gasteiger partial charge in [-0.2, -0.15) is 0 Å². The van der Waals surface area contributed by atoms with E-state index in [4.69, 9.17) is 0 Å². The molecule has 0 aliphatic rings. The Hall–Kier alpha value is -1.56. The van der Waals surface area contributed by atoms with Crippen LogP contribution in [0.15, 0.2) is 23.7 Å². The Morgan fingerprint density at radius 2 is 1.92 bits per heavy atom. The van der Waals surface area contributed by atoms with E-state index in [1.165, 1.54) is 0 Å². The van der Waals surface area contributed by atoms with Crippen molar-refractivity contribution in [3.8, 4) is 0 Å². The van der Waals surface area contributed by atoms with Gasteiger partial charge < -0.3 is 15.2 Å². The third-order valence-electron chi connectivity index (χ3n) is 3.96. The van der Waals surface area contributed by atoms with Crippen LogP contribution in [0.2, 0.25) is 0 Å². The minimum Gasteiger partial charge on any atom is -0.357 e. The molecule has 1 aromatic heterocycles. The van der Waals surface area contributed by atoms with E-state index < -0.39 is 0 Å². The van der Waals surface area contributed by atoms with Crippen LogP contribution in [-0.2, 0) is 6.54 Å². The van der Waals surface area contributed by atoms with Crippen molar-refractivity contribution in [1.82, 2.24) is 25.1 Å². The lowest BCUT2D eigenvalue weighted by Crippen LogP contribution is -2.41. The fraction of sp³-hybridized carbons (Fsp3) is 0.778. The maximum Gasteiger partial charge on any atom is 0.191 e. The zero-order valence-electron chi connectivity index (χ0n) is 16.1. The maximum atomic E-state index is 4.65. The summed E-state index contributed by atoms with van der Waals surface area (Å²) >= 11 is 0. The van der Waals surface area contributed by atoms with E-state index in [-0.39, 0.29) is 0 Å². The second-order valence-corrected chi connectivity index (χ2v) is 6.62. The standard InChI is InChI=1S/C18H36N6/c1-6-20-18(21-9-7-12-23-14-11-19-15-23)22-10-8-13-24(16(2)3)17(4)5/h11,14-17H,6-10,12-13H2,1-5H3,(H2,20,21,22). The average Bonchev–Trinajstić information content (AvgIpc) is 3.03. The Balaban J connectivity index is 2.27. The van der Waals surface area contributed by atoms with E-state index >= 15 is 0 Å². The number of aromatic nitrogens is 2. The molecule has 0 radical (unpaired) electrons. The number of imidazole rings is 1.